The topological polar surface area (TPSA) is 82.5 Å². The molecule has 1 fully saturated rings. The Morgan fingerprint density at radius 1 is 0.911 bits per heavy atom. The van der Waals surface area contributed by atoms with Crippen LogP contribution in [0.3, 0.4) is 0 Å². The number of ether oxygens (including phenoxy) is 1. The van der Waals surface area contributed by atoms with Gasteiger partial charge in [-0.25, -0.2) is 9.18 Å². The van der Waals surface area contributed by atoms with Crippen molar-refractivity contribution in [2.75, 3.05) is 13.1 Å². The van der Waals surface area contributed by atoms with Crippen LogP contribution in [0.5, 0.6) is 0 Å². The average molecular weight is 643 g/mol. The van der Waals surface area contributed by atoms with Crippen molar-refractivity contribution in [1.29, 1.82) is 0 Å². The van der Waals surface area contributed by atoms with Gasteiger partial charge < -0.3 is 10.5 Å². The van der Waals surface area contributed by atoms with Gasteiger partial charge in [0.25, 0.3) is 5.56 Å². The molecule has 0 saturated carbocycles. The minimum absolute atomic E-state index is 0.158. The molecule has 12 heteroatoms. The summed E-state index contributed by atoms with van der Waals surface area (Å²) in [4.78, 5) is 30.3. The second-order valence-electron chi connectivity index (χ2n) is 11.5. The van der Waals surface area contributed by atoms with Crippen LogP contribution in [0.15, 0.2) is 82.4 Å². The van der Waals surface area contributed by atoms with Crippen LogP contribution in [0.4, 0.5) is 17.6 Å². The maximum Gasteiger partial charge on any atom is 0.416 e. The Balaban J connectivity index is 1.42. The van der Waals surface area contributed by atoms with Gasteiger partial charge >= 0.3 is 11.9 Å². The summed E-state index contributed by atoms with van der Waals surface area (Å²) in [5, 5.41) is 0.647. The second kappa shape index (κ2) is 12.2. The van der Waals surface area contributed by atoms with E-state index in [0.29, 0.717) is 43.1 Å². The molecule has 236 valence electrons. The summed E-state index contributed by atoms with van der Waals surface area (Å²) in [5.41, 5.74) is 4.00. The number of hydrogen-bond donors (Lipinski definition) is 1. The van der Waals surface area contributed by atoms with E-state index in [1.807, 2.05) is 24.3 Å². The van der Waals surface area contributed by atoms with Crippen LogP contribution in [-0.4, -0.2) is 27.1 Å². The predicted octanol–water partition coefficient (Wildman–Crippen LogP) is 5.59. The fraction of sp³-hybridized carbons (Fsp3) is 0.333. The van der Waals surface area contributed by atoms with Crippen molar-refractivity contribution in [3.63, 3.8) is 0 Å². The molecule has 3 heterocycles. The molecule has 2 N–H and O–H groups in total. The van der Waals surface area contributed by atoms with Crippen LogP contribution >= 0.6 is 11.6 Å². The van der Waals surface area contributed by atoms with Gasteiger partial charge in [0, 0.05) is 36.3 Å². The fourth-order valence-electron chi connectivity index (χ4n) is 6.43. The monoisotopic (exact) mass is 642 g/mol. The summed E-state index contributed by atoms with van der Waals surface area (Å²) >= 11 is 6.37. The number of likely N-dealkylation sites (tertiary alicyclic amines) is 1. The van der Waals surface area contributed by atoms with Crippen LogP contribution in [0.25, 0.3) is 0 Å². The minimum atomic E-state index is -4.86. The van der Waals surface area contributed by atoms with Gasteiger partial charge in [-0.05, 0) is 42.2 Å². The Bertz CT molecular complexity index is 1830. The van der Waals surface area contributed by atoms with Gasteiger partial charge in [0.1, 0.15) is 11.4 Å². The molecule has 0 radical (unpaired) electrons. The molecule has 1 aromatic heterocycles. The zero-order chi connectivity index (χ0) is 31.9. The minimum Gasteiger partial charge on any atom is -0.364 e. The molecule has 0 bridgehead atoms. The number of nitrogens with zero attached hydrogens (tertiary/aromatic N) is 3. The summed E-state index contributed by atoms with van der Waals surface area (Å²) in [6.07, 6.45) is -4.06. The zero-order valence-electron chi connectivity index (χ0n) is 24.2. The van der Waals surface area contributed by atoms with E-state index in [9.17, 15) is 22.8 Å². The lowest BCUT2D eigenvalue weighted by Gasteiger charge is -2.39. The van der Waals surface area contributed by atoms with E-state index in [1.165, 1.54) is 0 Å². The van der Waals surface area contributed by atoms with Crippen LogP contribution in [0.2, 0.25) is 5.02 Å². The van der Waals surface area contributed by atoms with Crippen LogP contribution in [-0.2, 0) is 42.8 Å². The summed E-state index contributed by atoms with van der Waals surface area (Å²) in [7, 11) is 0. The first-order valence-corrected chi connectivity index (χ1v) is 15.0. The molecule has 6 rings (SSSR count). The first-order chi connectivity index (χ1) is 21.5. The van der Waals surface area contributed by atoms with Crippen molar-refractivity contribution in [2.24, 2.45) is 5.73 Å². The maximum atomic E-state index is 15.0. The third kappa shape index (κ3) is 5.97. The van der Waals surface area contributed by atoms with Gasteiger partial charge in [-0.3, -0.25) is 18.8 Å². The second-order valence-corrected chi connectivity index (χ2v) is 11.9. The highest BCUT2D eigenvalue weighted by atomic mass is 35.5. The number of benzene rings is 3. The Kier molecular flexibility index (Phi) is 8.47. The molecule has 0 amide bonds. The molecular weight excluding hydrogens is 612 g/mol. The Labute approximate surface area is 261 Å². The third-order valence-corrected chi connectivity index (χ3v) is 9.21. The highest BCUT2D eigenvalue weighted by Gasteiger charge is 2.47. The molecule has 2 aliphatic heterocycles. The first kappa shape index (κ1) is 31.2. The van der Waals surface area contributed by atoms with Gasteiger partial charge in [-0.2, -0.15) is 13.2 Å². The molecular formula is C33H31ClF4N4O3. The zero-order valence-corrected chi connectivity index (χ0v) is 25.0. The molecule has 4 aromatic rings. The molecule has 1 atom stereocenters. The van der Waals surface area contributed by atoms with Gasteiger partial charge in [0.2, 0.25) is 0 Å². The standard InChI is InChI=1S/C33H31ClF4N4O3/c34-25-11-5-4-9-22(25)17-40-15-13-32(14-16-40)29-28(20-45-32)41(18-23-24(33(36,37)38)10-6-12-26(23)35)31(44)42(30(29)43)19-27(39)21-7-2-1-3-8-21/h1-12,27H,13-20,39H2. The van der Waals surface area contributed by atoms with Crippen molar-refractivity contribution in [2.45, 2.75) is 56.9 Å². The Morgan fingerprint density at radius 3 is 2.29 bits per heavy atom. The normalized spacial score (nSPS) is 17.0. The lowest BCUT2D eigenvalue weighted by molar-refractivity contribution is -0.138. The molecule has 1 unspecified atom stereocenters. The van der Waals surface area contributed by atoms with Crippen LogP contribution in [0, 0.1) is 5.82 Å². The lowest BCUT2D eigenvalue weighted by Crippen LogP contribution is -2.49. The number of halogens is 5. The summed E-state index contributed by atoms with van der Waals surface area (Å²) in [6.45, 7) is 0.531. The van der Waals surface area contributed by atoms with Gasteiger partial charge in [0.15, 0.2) is 0 Å². The predicted molar refractivity (Wildman–Crippen MR) is 161 cm³/mol. The maximum absolute atomic E-state index is 15.0. The van der Waals surface area contributed by atoms with Gasteiger partial charge in [0.05, 0.1) is 36.5 Å². The quantitative estimate of drug-likeness (QED) is 0.266. The largest absolute Gasteiger partial charge is 0.416 e. The van der Waals surface area contributed by atoms with Crippen molar-refractivity contribution in [1.82, 2.24) is 14.0 Å². The van der Waals surface area contributed by atoms with Crippen molar-refractivity contribution in [3.8, 4) is 0 Å². The van der Waals surface area contributed by atoms with Crippen molar-refractivity contribution in [3.05, 3.63) is 138 Å². The number of nitrogens with two attached hydrogens (primary N) is 1. The number of alkyl halides is 3. The van der Waals surface area contributed by atoms with E-state index in [1.54, 1.807) is 30.3 Å². The van der Waals surface area contributed by atoms with Crippen molar-refractivity contribution >= 4 is 11.6 Å². The molecule has 45 heavy (non-hydrogen) atoms. The first-order valence-electron chi connectivity index (χ1n) is 14.6. The smallest absolute Gasteiger partial charge is 0.364 e. The average Bonchev–Trinajstić information content (AvgIpc) is 3.38. The molecule has 1 saturated heterocycles. The van der Waals surface area contributed by atoms with Crippen molar-refractivity contribution < 1.29 is 22.3 Å². The molecule has 3 aromatic carbocycles. The number of hydrogen-bond acceptors (Lipinski definition) is 5. The molecule has 1 spiro atoms. The summed E-state index contributed by atoms with van der Waals surface area (Å²) in [5.74, 6) is -1.11. The molecule has 0 aliphatic carbocycles. The van der Waals surface area contributed by atoms with Crippen LogP contribution in [0.1, 0.15) is 52.4 Å². The van der Waals surface area contributed by atoms with Gasteiger partial charge in [-0.15, -0.1) is 0 Å². The SMILES string of the molecule is NC(Cn1c(=O)c2c(n(Cc3c(F)cccc3C(F)(F)F)c1=O)COC21CCN(Cc2ccccc2Cl)CC1)c1ccccc1. The van der Waals surface area contributed by atoms with Crippen LogP contribution < -0.4 is 17.0 Å². The lowest BCUT2D eigenvalue weighted by atomic mass is 9.85. The van der Waals surface area contributed by atoms with E-state index >= 15 is 4.39 Å². The molecule has 2 aliphatic rings. The Hall–Kier alpha value is -3.77. The summed E-state index contributed by atoms with van der Waals surface area (Å²) in [6, 6.07) is 18.3. The number of rotatable bonds is 7. The number of piperidine rings is 1. The van der Waals surface area contributed by atoms with E-state index in [4.69, 9.17) is 22.1 Å². The van der Waals surface area contributed by atoms with Gasteiger partial charge in [-0.1, -0.05) is 66.2 Å². The highest BCUT2D eigenvalue weighted by Crippen LogP contribution is 2.43. The highest BCUT2D eigenvalue weighted by molar-refractivity contribution is 6.31. The summed E-state index contributed by atoms with van der Waals surface area (Å²) < 4.78 is 65.1. The van der Waals surface area contributed by atoms with E-state index in [2.05, 4.69) is 4.90 Å². The van der Waals surface area contributed by atoms with E-state index in [0.717, 1.165) is 32.9 Å². The van der Waals surface area contributed by atoms with E-state index in [-0.39, 0.29) is 24.4 Å². The Morgan fingerprint density at radius 2 is 1.60 bits per heavy atom. The fourth-order valence-corrected chi connectivity index (χ4v) is 6.63. The number of aromatic nitrogens is 2. The molecule has 7 nitrogen and oxygen atoms in total. The third-order valence-electron chi connectivity index (χ3n) is 8.84. The number of fused-ring (bicyclic) bond motifs is 2. The van der Waals surface area contributed by atoms with E-state index < -0.39 is 52.6 Å².